The van der Waals surface area contributed by atoms with Gasteiger partial charge in [-0.3, -0.25) is 4.79 Å². The molecule has 3 aliphatic rings. The highest BCUT2D eigenvalue weighted by molar-refractivity contribution is 7.91. The molecule has 51 heavy (non-hydrogen) atoms. The molecule has 8 rings (SSSR count). The molecule has 264 valence electrons. The number of hydrogen-bond acceptors (Lipinski definition) is 8. The average Bonchev–Trinajstić information content (AvgIpc) is 3.84. The van der Waals surface area contributed by atoms with Gasteiger partial charge in [0, 0.05) is 29.8 Å². The summed E-state index contributed by atoms with van der Waals surface area (Å²) < 4.78 is 47.7. The van der Waals surface area contributed by atoms with Crippen molar-refractivity contribution in [1.82, 2.24) is 18.9 Å². The first kappa shape index (κ1) is 34.0. The fraction of sp³-hybridized carbons (Fsp3) is 0.359. The van der Waals surface area contributed by atoms with Crippen LogP contribution in [-0.2, 0) is 29.8 Å². The van der Waals surface area contributed by atoms with Gasteiger partial charge < -0.3 is 19.2 Å². The summed E-state index contributed by atoms with van der Waals surface area (Å²) in [7, 11) is -4.03. The SMILES string of the molecule is CC1=CC(c2ccc3nc(Cl)nc([C@@](COC4CCCCO4)(OC4CC4)c4ccccc4)c3c2)=CCC1(C)S(=O)(=O)n1ccc2cc[nH]c(=O)c21. The van der Waals surface area contributed by atoms with Gasteiger partial charge in [-0.25, -0.2) is 22.4 Å². The Labute approximate surface area is 301 Å². The number of nitrogens with one attached hydrogen (secondary N) is 1. The molecule has 4 heterocycles. The third-order valence-corrected chi connectivity index (χ3v) is 13.1. The number of H-pyrrole nitrogens is 1. The van der Waals surface area contributed by atoms with Gasteiger partial charge in [-0.2, -0.15) is 0 Å². The van der Waals surface area contributed by atoms with Gasteiger partial charge in [-0.15, -0.1) is 0 Å². The Morgan fingerprint density at radius 1 is 1.08 bits per heavy atom. The lowest BCUT2D eigenvalue weighted by Crippen LogP contribution is -2.41. The molecule has 1 N–H and O–H groups in total. The Morgan fingerprint density at radius 3 is 2.65 bits per heavy atom. The molecule has 12 heteroatoms. The Bertz CT molecular complexity index is 2360. The van der Waals surface area contributed by atoms with Gasteiger partial charge in [-0.05, 0) is 111 Å². The van der Waals surface area contributed by atoms with Crippen molar-refractivity contribution in [2.45, 2.75) is 75.1 Å². The van der Waals surface area contributed by atoms with Gasteiger partial charge >= 0.3 is 0 Å². The monoisotopic (exact) mass is 726 g/mol. The summed E-state index contributed by atoms with van der Waals surface area (Å²) in [6.07, 6.45) is 11.4. The van der Waals surface area contributed by atoms with Crippen LogP contribution in [0.2, 0.25) is 5.28 Å². The predicted molar refractivity (Wildman–Crippen MR) is 197 cm³/mol. The van der Waals surface area contributed by atoms with Crippen LogP contribution in [0.3, 0.4) is 0 Å². The maximum Gasteiger partial charge on any atom is 0.273 e. The summed E-state index contributed by atoms with van der Waals surface area (Å²) in [5, 5.41) is 1.41. The highest BCUT2D eigenvalue weighted by Crippen LogP contribution is 2.44. The van der Waals surface area contributed by atoms with E-state index < -0.39 is 25.9 Å². The number of allylic oxidation sites excluding steroid dienone is 3. The summed E-state index contributed by atoms with van der Waals surface area (Å²) in [4.78, 5) is 24.8. The number of aromatic amines is 1. The van der Waals surface area contributed by atoms with Crippen LogP contribution in [0.4, 0.5) is 0 Å². The molecule has 0 spiro atoms. The number of nitrogens with zero attached hydrogens (tertiary/aromatic N) is 3. The number of rotatable bonds is 10. The summed E-state index contributed by atoms with van der Waals surface area (Å²) in [5.74, 6) is 0. The van der Waals surface area contributed by atoms with Crippen LogP contribution in [0, 0.1) is 0 Å². The van der Waals surface area contributed by atoms with E-state index in [2.05, 4.69) is 9.97 Å². The molecule has 2 unspecified atom stereocenters. The summed E-state index contributed by atoms with van der Waals surface area (Å²) in [5.41, 5.74) is 3.05. The fourth-order valence-electron chi connectivity index (χ4n) is 7.17. The Morgan fingerprint density at radius 2 is 1.90 bits per heavy atom. The van der Waals surface area contributed by atoms with Crippen molar-refractivity contribution in [2.75, 3.05) is 13.2 Å². The van der Waals surface area contributed by atoms with Crippen molar-refractivity contribution in [2.24, 2.45) is 0 Å². The van der Waals surface area contributed by atoms with Gasteiger partial charge in [0.25, 0.3) is 5.56 Å². The minimum atomic E-state index is -4.03. The zero-order chi connectivity index (χ0) is 35.4. The van der Waals surface area contributed by atoms with E-state index in [1.165, 1.54) is 12.4 Å². The normalized spacial score (nSPS) is 22.5. The molecule has 1 saturated carbocycles. The molecule has 2 aromatic carbocycles. The molecule has 2 aliphatic carbocycles. The highest BCUT2D eigenvalue weighted by Gasteiger charge is 2.46. The predicted octanol–water partition coefficient (Wildman–Crippen LogP) is 7.26. The van der Waals surface area contributed by atoms with Gasteiger partial charge in [0.2, 0.25) is 15.3 Å². The van der Waals surface area contributed by atoms with E-state index in [-0.39, 0.29) is 36.2 Å². The number of pyridine rings is 1. The van der Waals surface area contributed by atoms with E-state index >= 15 is 0 Å². The third kappa shape index (κ3) is 6.04. The number of halogens is 1. The van der Waals surface area contributed by atoms with Crippen molar-refractivity contribution in [3.8, 4) is 0 Å². The number of ether oxygens (including phenoxy) is 3. The molecular formula is C39H39ClN4O6S. The van der Waals surface area contributed by atoms with Gasteiger partial charge in [0.15, 0.2) is 11.9 Å². The summed E-state index contributed by atoms with van der Waals surface area (Å²) >= 11 is 6.64. The third-order valence-electron chi connectivity index (χ3n) is 10.4. The number of benzene rings is 2. The van der Waals surface area contributed by atoms with Crippen LogP contribution < -0.4 is 5.56 Å². The van der Waals surface area contributed by atoms with Crippen LogP contribution in [0.5, 0.6) is 0 Å². The number of fused-ring (bicyclic) bond motifs is 2. The second-order valence-electron chi connectivity index (χ2n) is 13.8. The molecule has 10 nitrogen and oxygen atoms in total. The van der Waals surface area contributed by atoms with Crippen LogP contribution in [0.15, 0.2) is 95.6 Å². The number of hydrogen-bond donors (Lipinski definition) is 1. The zero-order valence-corrected chi connectivity index (χ0v) is 30.0. The van der Waals surface area contributed by atoms with Gasteiger partial charge in [0.1, 0.15) is 10.3 Å². The Balaban J connectivity index is 1.21. The van der Waals surface area contributed by atoms with E-state index in [0.717, 1.165) is 58.2 Å². The minimum Gasteiger partial charge on any atom is -0.358 e. The van der Waals surface area contributed by atoms with Gasteiger partial charge in [0.05, 0.1) is 23.9 Å². The van der Waals surface area contributed by atoms with E-state index in [1.54, 1.807) is 19.1 Å². The van der Waals surface area contributed by atoms with Crippen molar-refractivity contribution in [3.05, 3.63) is 123 Å². The summed E-state index contributed by atoms with van der Waals surface area (Å²) in [6, 6.07) is 19.2. The van der Waals surface area contributed by atoms with Crippen LogP contribution >= 0.6 is 11.6 Å². The first-order valence-corrected chi connectivity index (χ1v) is 19.2. The minimum absolute atomic E-state index is 0.0346. The van der Waals surface area contributed by atoms with Crippen LogP contribution in [-0.4, -0.2) is 57.7 Å². The summed E-state index contributed by atoms with van der Waals surface area (Å²) in [6.45, 7) is 4.35. The molecule has 3 aromatic heterocycles. The maximum absolute atomic E-state index is 14.2. The number of aromatic nitrogens is 4. The zero-order valence-electron chi connectivity index (χ0n) is 28.5. The standard InChI is InChI=1S/C39H39ClN4O6S/c1-25-22-28(15-18-38(25,2)51(46,47)44-20-17-26-16-19-41-36(45)34(26)44)27-11-14-32-31(23-27)35(43-37(40)42-32)39(50-30-12-13-30,29-8-4-3-5-9-29)24-49-33-10-6-7-21-48-33/h3-5,8-9,11,14-17,19-20,22-23,30,33H,6-7,10,12-13,18,21,24H2,1-2H3,(H,41,45)/t33?,38?,39-/m0/s1. The van der Waals surface area contributed by atoms with Gasteiger partial charge in [-0.1, -0.05) is 48.6 Å². The second kappa shape index (κ2) is 13.1. The molecule has 0 bridgehead atoms. The fourth-order valence-corrected chi connectivity index (χ4v) is 9.19. The molecule has 0 radical (unpaired) electrons. The molecular weight excluding hydrogens is 688 g/mol. The molecule has 1 aliphatic heterocycles. The first-order valence-electron chi connectivity index (χ1n) is 17.4. The van der Waals surface area contributed by atoms with Crippen molar-refractivity contribution < 1.29 is 22.6 Å². The van der Waals surface area contributed by atoms with Crippen LogP contribution in [0.25, 0.3) is 27.4 Å². The molecule has 0 amide bonds. The van der Waals surface area contributed by atoms with E-state index in [1.807, 2.05) is 67.6 Å². The smallest absolute Gasteiger partial charge is 0.273 e. The molecule has 5 aromatic rings. The van der Waals surface area contributed by atoms with E-state index in [4.69, 9.17) is 30.8 Å². The Hall–Kier alpha value is -4.13. The Kier molecular flexibility index (Phi) is 8.75. The van der Waals surface area contributed by atoms with Crippen LogP contribution in [0.1, 0.15) is 69.2 Å². The quantitative estimate of drug-likeness (QED) is 0.149. The van der Waals surface area contributed by atoms with E-state index in [0.29, 0.717) is 28.8 Å². The first-order chi connectivity index (χ1) is 24.6. The van der Waals surface area contributed by atoms with E-state index in [9.17, 15) is 13.2 Å². The highest BCUT2D eigenvalue weighted by atomic mass is 35.5. The van der Waals surface area contributed by atoms with Crippen molar-refractivity contribution >= 4 is 49.0 Å². The molecule has 1 saturated heterocycles. The lowest BCUT2D eigenvalue weighted by atomic mass is 9.85. The van der Waals surface area contributed by atoms with Crippen molar-refractivity contribution in [3.63, 3.8) is 0 Å². The molecule has 2 fully saturated rings. The lowest BCUT2D eigenvalue weighted by Gasteiger charge is -2.36. The lowest BCUT2D eigenvalue weighted by molar-refractivity contribution is -0.197. The maximum atomic E-state index is 14.2. The topological polar surface area (TPSA) is 125 Å². The van der Waals surface area contributed by atoms with Crippen molar-refractivity contribution in [1.29, 1.82) is 0 Å². The second-order valence-corrected chi connectivity index (χ2v) is 16.4. The average molecular weight is 727 g/mol. The molecule has 3 atom stereocenters. The largest absolute Gasteiger partial charge is 0.358 e.